The molecule has 0 aromatic heterocycles. The summed E-state index contributed by atoms with van der Waals surface area (Å²) in [7, 11) is 0. The van der Waals surface area contributed by atoms with E-state index in [9.17, 15) is 0 Å². The number of hydrogen-bond acceptors (Lipinski definition) is 2. The van der Waals surface area contributed by atoms with Gasteiger partial charge in [0.1, 0.15) is 0 Å². The average molecular weight is 270 g/mol. The molecule has 17 heavy (non-hydrogen) atoms. The molecule has 94 valence electrons. The summed E-state index contributed by atoms with van der Waals surface area (Å²) in [5.74, 6) is 0.773. The van der Waals surface area contributed by atoms with E-state index < -0.39 is 0 Å². The fourth-order valence-corrected chi connectivity index (χ4v) is 3.60. The predicted molar refractivity (Wildman–Crippen MR) is 77.2 cm³/mol. The summed E-state index contributed by atoms with van der Waals surface area (Å²) >= 11 is 7.72. The van der Waals surface area contributed by atoms with Crippen molar-refractivity contribution < 1.29 is 0 Å². The van der Waals surface area contributed by atoms with Crippen molar-refractivity contribution in [1.82, 2.24) is 5.32 Å². The Morgan fingerprint density at radius 3 is 3.06 bits per heavy atom. The van der Waals surface area contributed by atoms with E-state index in [1.807, 2.05) is 11.8 Å². The first-order valence-electron chi connectivity index (χ1n) is 6.33. The molecule has 0 saturated carbocycles. The Balaban J connectivity index is 1.73. The number of benzene rings is 1. The quantitative estimate of drug-likeness (QED) is 0.791. The summed E-state index contributed by atoms with van der Waals surface area (Å²) in [6.07, 6.45) is 3.48. The molecule has 0 fully saturated rings. The highest BCUT2D eigenvalue weighted by molar-refractivity contribution is 8.00. The topological polar surface area (TPSA) is 12.0 Å². The Hall–Kier alpha value is -0.180. The minimum absolute atomic E-state index is 0.582. The lowest BCUT2D eigenvalue weighted by atomic mass is 10.1. The lowest BCUT2D eigenvalue weighted by Gasteiger charge is -2.16. The van der Waals surface area contributed by atoms with Crippen LogP contribution in [0.1, 0.15) is 25.3 Å². The van der Waals surface area contributed by atoms with E-state index in [1.165, 1.54) is 23.3 Å². The van der Waals surface area contributed by atoms with E-state index >= 15 is 0 Å². The highest BCUT2D eigenvalue weighted by Gasteiger charge is 2.21. The third kappa shape index (κ3) is 3.90. The van der Waals surface area contributed by atoms with E-state index in [4.69, 9.17) is 11.6 Å². The molecule has 0 amide bonds. The van der Waals surface area contributed by atoms with Crippen molar-refractivity contribution >= 4 is 23.4 Å². The van der Waals surface area contributed by atoms with Gasteiger partial charge in [0, 0.05) is 28.6 Å². The molecule has 0 bridgehead atoms. The van der Waals surface area contributed by atoms with E-state index in [0.717, 1.165) is 18.8 Å². The van der Waals surface area contributed by atoms with Gasteiger partial charge in [-0.3, -0.25) is 0 Å². The monoisotopic (exact) mass is 269 g/mol. The number of nitrogens with one attached hydrogen (secondary N) is 1. The maximum atomic E-state index is 5.70. The van der Waals surface area contributed by atoms with Crippen LogP contribution >= 0.6 is 23.4 Å². The van der Waals surface area contributed by atoms with Crippen LogP contribution in [-0.4, -0.2) is 23.7 Å². The van der Waals surface area contributed by atoms with Gasteiger partial charge in [-0.05, 0) is 37.8 Å². The molecule has 1 aromatic carbocycles. The van der Waals surface area contributed by atoms with Crippen molar-refractivity contribution in [1.29, 1.82) is 0 Å². The summed E-state index contributed by atoms with van der Waals surface area (Å²) in [5, 5.41) is 4.31. The van der Waals surface area contributed by atoms with Crippen molar-refractivity contribution in [3.8, 4) is 0 Å². The molecule has 1 N–H and O–H groups in total. The Morgan fingerprint density at radius 1 is 1.47 bits per heavy atom. The minimum Gasteiger partial charge on any atom is -0.313 e. The number of rotatable bonds is 6. The fraction of sp³-hybridized carbons (Fsp3) is 0.571. The number of alkyl halides is 1. The molecule has 2 rings (SSSR count). The first kappa shape index (κ1) is 13.3. The lowest BCUT2D eigenvalue weighted by Crippen LogP contribution is -2.32. The smallest absolute Gasteiger partial charge is 0.0260 e. The van der Waals surface area contributed by atoms with Crippen LogP contribution in [0.15, 0.2) is 29.2 Å². The Labute approximate surface area is 113 Å². The van der Waals surface area contributed by atoms with Crippen LogP contribution in [-0.2, 0) is 6.42 Å². The molecular formula is C14H20ClNS. The standard InChI is InChI=1S/C14H20ClNS/c1-11(5-4-8-15)16-10-13-9-12-6-2-3-7-14(12)17-13/h2-3,6-7,11,13,16H,4-5,8-10H2,1H3. The van der Waals surface area contributed by atoms with Crippen molar-refractivity contribution in [2.45, 2.75) is 42.4 Å². The molecular weight excluding hydrogens is 250 g/mol. The number of thioether (sulfide) groups is 1. The van der Waals surface area contributed by atoms with Crippen LogP contribution in [0.4, 0.5) is 0 Å². The van der Waals surface area contributed by atoms with Crippen LogP contribution in [0.25, 0.3) is 0 Å². The van der Waals surface area contributed by atoms with Gasteiger partial charge in [-0.15, -0.1) is 23.4 Å². The van der Waals surface area contributed by atoms with Gasteiger partial charge < -0.3 is 5.32 Å². The molecule has 0 saturated heterocycles. The second kappa shape index (κ2) is 6.67. The summed E-state index contributed by atoms with van der Waals surface area (Å²) in [4.78, 5) is 1.47. The number of halogens is 1. The molecule has 1 aliphatic rings. The maximum Gasteiger partial charge on any atom is 0.0260 e. The summed E-state index contributed by atoms with van der Waals surface area (Å²) < 4.78 is 0. The molecule has 1 nitrogen and oxygen atoms in total. The first-order chi connectivity index (χ1) is 8.29. The molecule has 0 radical (unpaired) electrons. The van der Waals surface area contributed by atoms with Crippen LogP contribution in [0.3, 0.4) is 0 Å². The first-order valence-corrected chi connectivity index (χ1v) is 7.75. The van der Waals surface area contributed by atoms with Gasteiger partial charge in [0.25, 0.3) is 0 Å². The number of fused-ring (bicyclic) bond motifs is 1. The second-order valence-corrected chi connectivity index (χ2v) is 6.41. The minimum atomic E-state index is 0.582. The van der Waals surface area contributed by atoms with Crippen molar-refractivity contribution in [3.63, 3.8) is 0 Å². The maximum absolute atomic E-state index is 5.70. The van der Waals surface area contributed by atoms with Crippen LogP contribution in [0.2, 0.25) is 0 Å². The molecule has 1 heterocycles. The molecule has 2 atom stereocenters. The summed E-state index contributed by atoms with van der Waals surface area (Å²) in [6.45, 7) is 3.35. The fourth-order valence-electron chi connectivity index (χ4n) is 2.19. The summed E-state index contributed by atoms with van der Waals surface area (Å²) in [6, 6.07) is 9.33. The van der Waals surface area contributed by atoms with Crippen molar-refractivity contribution in [3.05, 3.63) is 29.8 Å². The molecule has 2 unspecified atom stereocenters. The molecule has 0 aliphatic carbocycles. The summed E-state index contributed by atoms with van der Waals surface area (Å²) in [5.41, 5.74) is 1.51. The third-order valence-corrected chi connectivity index (χ3v) is 4.76. The van der Waals surface area contributed by atoms with Gasteiger partial charge in [-0.2, -0.15) is 0 Å². The SMILES string of the molecule is CC(CCCCl)NCC1Cc2ccccc2S1. The zero-order valence-corrected chi connectivity index (χ0v) is 11.9. The third-order valence-electron chi connectivity index (χ3n) is 3.18. The molecule has 1 aliphatic heterocycles. The van der Waals surface area contributed by atoms with E-state index in [1.54, 1.807) is 0 Å². The Morgan fingerprint density at radius 2 is 2.29 bits per heavy atom. The van der Waals surface area contributed by atoms with Crippen molar-refractivity contribution in [2.24, 2.45) is 0 Å². The van der Waals surface area contributed by atoms with Gasteiger partial charge in [-0.1, -0.05) is 18.2 Å². The zero-order valence-electron chi connectivity index (χ0n) is 10.3. The average Bonchev–Trinajstić information content (AvgIpc) is 2.76. The van der Waals surface area contributed by atoms with E-state index in [2.05, 4.69) is 36.5 Å². The van der Waals surface area contributed by atoms with E-state index in [0.29, 0.717) is 11.3 Å². The van der Waals surface area contributed by atoms with Gasteiger partial charge in [0.2, 0.25) is 0 Å². The molecule has 3 heteroatoms. The lowest BCUT2D eigenvalue weighted by molar-refractivity contribution is 0.508. The van der Waals surface area contributed by atoms with Gasteiger partial charge in [0.15, 0.2) is 0 Å². The van der Waals surface area contributed by atoms with Crippen molar-refractivity contribution in [2.75, 3.05) is 12.4 Å². The van der Waals surface area contributed by atoms with Crippen LogP contribution in [0, 0.1) is 0 Å². The highest BCUT2D eigenvalue weighted by atomic mass is 35.5. The Kier molecular flexibility index (Phi) is 5.20. The highest BCUT2D eigenvalue weighted by Crippen LogP contribution is 2.36. The second-order valence-electron chi connectivity index (χ2n) is 4.69. The van der Waals surface area contributed by atoms with Crippen LogP contribution in [0.5, 0.6) is 0 Å². The normalized spacial score (nSPS) is 20.2. The van der Waals surface area contributed by atoms with Crippen LogP contribution < -0.4 is 5.32 Å². The van der Waals surface area contributed by atoms with Gasteiger partial charge >= 0.3 is 0 Å². The largest absolute Gasteiger partial charge is 0.313 e. The van der Waals surface area contributed by atoms with Gasteiger partial charge in [0.05, 0.1) is 0 Å². The Bertz CT molecular complexity index is 331. The number of hydrogen-bond donors (Lipinski definition) is 1. The van der Waals surface area contributed by atoms with E-state index in [-0.39, 0.29) is 0 Å². The predicted octanol–water partition coefficient (Wildman–Crippen LogP) is 3.70. The van der Waals surface area contributed by atoms with Gasteiger partial charge in [-0.25, -0.2) is 0 Å². The zero-order chi connectivity index (χ0) is 12.1. The molecule has 0 spiro atoms. The molecule has 1 aromatic rings.